The predicted molar refractivity (Wildman–Crippen MR) is 119 cm³/mol. The molecule has 0 saturated carbocycles. The van der Waals surface area contributed by atoms with Crippen LogP contribution in [0.2, 0.25) is 0 Å². The number of rotatable bonds is 7. The quantitative estimate of drug-likeness (QED) is 0.504. The Kier molecular flexibility index (Phi) is 6.32. The summed E-state index contributed by atoms with van der Waals surface area (Å²) in [6.45, 7) is 5.14. The first-order valence-corrected chi connectivity index (χ1v) is 11.0. The van der Waals surface area contributed by atoms with Crippen LogP contribution in [0, 0.1) is 6.92 Å². The van der Waals surface area contributed by atoms with Gasteiger partial charge in [0.05, 0.1) is 6.20 Å². The second kappa shape index (κ2) is 9.29. The van der Waals surface area contributed by atoms with Gasteiger partial charge in [-0.25, -0.2) is 4.98 Å². The monoisotopic (exact) mass is 402 g/mol. The molecule has 0 aliphatic carbocycles. The Bertz CT molecular complexity index is 962. The third-order valence-corrected chi connectivity index (χ3v) is 6.19. The van der Waals surface area contributed by atoms with E-state index in [9.17, 15) is 4.79 Å². The number of hydrogen-bond acceptors (Lipinski definition) is 3. The highest BCUT2D eigenvalue weighted by Gasteiger charge is 2.34. The predicted octanol–water partition coefficient (Wildman–Crippen LogP) is 5.77. The summed E-state index contributed by atoms with van der Waals surface area (Å²) in [5.74, 6) is 1.99. The molecule has 4 heteroatoms. The molecule has 2 atom stereocenters. The van der Waals surface area contributed by atoms with Gasteiger partial charge in [-0.1, -0.05) is 67.1 Å². The third kappa shape index (κ3) is 4.48. The zero-order chi connectivity index (χ0) is 20.9. The van der Waals surface area contributed by atoms with E-state index in [0.717, 1.165) is 37.1 Å². The fraction of sp³-hybridized carbons (Fsp3) is 0.385. The number of carbonyl (C=O) groups is 1. The van der Waals surface area contributed by atoms with Gasteiger partial charge in [0.15, 0.2) is 11.7 Å². The van der Waals surface area contributed by atoms with Gasteiger partial charge in [0.1, 0.15) is 0 Å². The van der Waals surface area contributed by atoms with Gasteiger partial charge in [-0.2, -0.15) is 0 Å². The number of aromatic nitrogens is 1. The minimum absolute atomic E-state index is 0.210. The molecule has 1 aliphatic heterocycles. The first-order valence-electron chi connectivity index (χ1n) is 11.0. The zero-order valence-electron chi connectivity index (χ0n) is 17.9. The number of benzene rings is 2. The normalized spacial score (nSPS) is 17.3. The van der Waals surface area contributed by atoms with E-state index in [0.29, 0.717) is 24.7 Å². The minimum Gasteiger partial charge on any atom is -0.441 e. The number of amides is 1. The summed E-state index contributed by atoms with van der Waals surface area (Å²) in [6.07, 6.45) is 5.93. The molecule has 0 N–H and O–H groups in total. The molecule has 2 aromatic carbocycles. The topological polar surface area (TPSA) is 46.3 Å². The summed E-state index contributed by atoms with van der Waals surface area (Å²) in [6, 6.07) is 19.1. The largest absolute Gasteiger partial charge is 0.441 e. The fourth-order valence-electron chi connectivity index (χ4n) is 4.59. The van der Waals surface area contributed by atoms with Crippen molar-refractivity contribution in [3.63, 3.8) is 0 Å². The van der Waals surface area contributed by atoms with Gasteiger partial charge in [-0.05, 0) is 31.7 Å². The lowest BCUT2D eigenvalue weighted by Gasteiger charge is -2.31. The molecular weight excluding hydrogens is 372 g/mol. The van der Waals surface area contributed by atoms with E-state index >= 15 is 0 Å². The van der Waals surface area contributed by atoms with Crippen molar-refractivity contribution >= 4 is 5.91 Å². The van der Waals surface area contributed by atoms with E-state index in [4.69, 9.17) is 4.42 Å². The Morgan fingerprint density at radius 2 is 1.93 bits per heavy atom. The van der Waals surface area contributed by atoms with Gasteiger partial charge in [-0.15, -0.1) is 0 Å². The molecule has 4 rings (SSSR count). The Balaban J connectivity index is 1.39. The molecule has 3 aromatic rings. The van der Waals surface area contributed by atoms with Crippen LogP contribution in [0.4, 0.5) is 0 Å². The molecule has 1 fully saturated rings. The molecular formula is C26H30N2O2. The minimum atomic E-state index is 0.210. The summed E-state index contributed by atoms with van der Waals surface area (Å²) in [5.41, 5.74) is 3.56. The molecule has 2 heterocycles. The molecule has 0 unspecified atom stereocenters. The number of aryl methyl sites for hydroxylation is 2. The van der Waals surface area contributed by atoms with Gasteiger partial charge in [0, 0.05) is 36.9 Å². The van der Waals surface area contributed by atoms with Crippen molar-refractivity contribution in [3.8, 4) is 11.3 Å². The van der Waals surface area contributed by atoms with Gasteiger partial charge >= 0.3 is 0 Å². The highest BCUT2D eigenvalue weighted by molar-refractivity contribution is 5.77. The van der Waals surface area contributed by atoms with Crippen LogP contribution in [0.1, 0.15) is 55.5 Å². The molecule has 0 bridgehead atoms. The standard InChI is InChI=1S/C26H30N2O2/c1-3-22(20-8-5-4-6-9-20)23-10-7-17-28(23)26(29)16-15-25-27-18-24(30-25)21-13-11-19(2)12-14-21/h4-6,8-9,11-14,18,22-23H,3,7,10,15-17H2,1-2H3/t22-,23-/m0/s1. The fourth-order valence-corrected chi connectivity index (χ4v) is 4.59. The van der Waals surface area contributed by atoms with Crippen LogP contribution in [0.3, 0.4) is 0 Å². The SMILES string of the molecule is CC[C@@H](c1ccccc1)[C@@H]1CCCN1C(=O)CCc1ncc(-c2ccc(C)cc2)o1. The molecule has 0 radical (unpaired) electrons. The lowest BCUT2D eigenvalue weighted by molar-refractivity contribution is -0.132. The molecule has 30 heavy (non-hydrogen) atoms. The van der Waals surface area contributed by atoms with E-state index in [-0.39, 0.29) is 11.9 Å². The summed E-state index contributed by atoms with van der Waals surface area (Å²) >= 11 is 0. The van der Waals surface area contributed by atoms with E-state index in [1.165, 1.54) is 11.1 Å². The Morgan fingerprint density at radius 3 is 2.67 bits per heavy atom. The second-order valence-electron chi connectivity index (χ2n) is 8.21. The summed E-state index contributed by atoms with van der Waals surface area (Å²) in [7, 11) is 0. The molecule has 4 nitrogen and oxygen atoms in total. The van der Waals surface area contributed by atoms with Gasteiger partial charge in [0.25, 0.3) is 0 Å². The Morgan fingerprint density at radius 1 is 1.17 bits per heavy atom. The van der Waals surface area contributed by atoms with Gasteiger partial charge in [0.2, 0.25) is 5.91 Å². The second-order valence-corrected chi connectivity index (χ2v) is 8.21. The van der Waals surface area contributed by atoms with Crippen molar-refractivity contribution in [2.24, 2.45) is 0 Å². The van der Waals surface area contributed by atoms with Crippen LogP contribution in [-0.2, 0) is 11.2 Å². The smallest absolute Gasteiger partial charge is 0.223 e. The highest BCUT2D eigenvalue weighted by atomic mass is 16.4. The first kappa shape index (κ1) is 20.4. The van der Waals surface area contributed by atoms with Crippen molar-refractivity contribution < 1.29 is 9.21 Å². The lowest BCUT2D eigenvalue weighted by atomic mass is 9.87. The maximum atomic E-state index is 13.1. The number of likely N-dealkylation sites (tertiary alicyclic amines) is 1. The molecule has 1 aromatic heterocycles. The molecule has 1 amide bonds. The van der Waals surface area contributed by atoms with E-state index in [1.54, 1.807) is 6.20 Å². The average molecular weight is 403 g/mol. The van der Waals surface area contributed by atoms with Crippen molar-refractivity contribution in [1.82, 2.24) is 9.88 Å². The van der Waals surface area contributed by atoms with E-state index in [2.05, 4.69) is 66.2 Å². The zero-order valence-corrected chi connectivity index (χ0v) is 17.9. The maximum absolute atomic E-state index is 13.1. The number of nitrogens with zero attached hydrogens (tertiary/aromatic N) is 2. The van der Waals surface area contributed by atoms with Crippen LogP contribution in [0.15, 0.2) is 65.2 Å². The summed E-state index contributed by atoms with van der Waals surface area (Å²) in [5, 5.41) is 0. The molecule has 1 saturated heterocycles. The number of hydrogen-bond donors (Lipinski definition) is 0. The summed E-state index contributed by atoms with van der Waals surface area (Å²) < 4.78 is 5.91. The van der Waals surface area contributed by atoms with Crippen LogP contribution >= 0.6 is 0 Å². The van der Waals surface area contributed by atoms with E-state index < -0.39 is 0 Å². The van der Waals surface area contributed by atoms with Crippen LogP contribution in [0.5, 0.6) is 0 Å². The third-order valence-electron chi connectivity index (χ3n) is 6.19. The average Bonchev–Trinajstić information content (AvgIpc) is 3.44. The van der Waals surface area contributed by atoms with Crippen molar-refractivity contribution in [2.45, 2.75) is 57.9 Å². The van der Waals surface area contributed by atoms with Crippen molar-refractivity contribution in [3.05, 3.63) is 77.8 Å². The van der Waals surface area contributed by atoms with E-state index in [1.807, 2.05) is 12.1 Å². The molecule has 156 valence electrons. The van der Waals surface area contributed by atoms with Crippen molar-refractivity contribution in [1.29, 1.82) is 0 Å². The molecule has 1 aliphatic rings. The molecule has 0 spiro atoms. The lowest BCUT2D eigenvalue weighted by Crippen LogP contribution is -2.39. The van der Waals surface area contributed by atoms with Crippen molar-refractivity contribution in [2.75, 3.05) is 6.54 Å². The number of oxazole rings is 1. The van der Waals surface area contributed by atoms with Gasteiger partial charge in [-0.3, -0.25) is 4.79 Å². The summed E-state index contributed by atoms with van der Waals surface area (Å²) in [4.78, 5) is 19.5. The first-order chi connectivity index (χ1) is 14.7. The Hall–Kier alpha value is -2.88. The van der Waals surface area contributed by atoms with Crippen LogP contribution in [0.25, 0.3) is 11.3 Å². The van der Waals surface area contributed by atoms with Crippen LogP contribution < -0.4 is 0 Å². The maximum Gasteiger partial charge on any atom is 0.223 e. The Labute approximate surface area is 178 Å². The number of carbonyl (C=O) groups excluding carboxylic acids is 1. The van der Waals surface area contributed by atoms with Crippen LogP contribution in [-0.4, -0.2) is 28.4 Å². The van der Waals surface area contributed by atoms with Gasteiger partial charge < -0.3 is 9.32 Å². The highest BCUT2D eigenvalue weighted by Crippen LogP contribution is 2.34.